The molecule has 0 bridgehead atoms. The molecular formula is C12H27CuLiO2. The second-order valence-electron chi connectivity index (χ2n) is 3.02. The van der Waals surface area contributed by atoms with Crippen molar-refractivity contribution in [3.8, 4) is 0 Å². The Morgan fingerprint density at radius 2 is 1.56 bits per heavy atom. The van der Waals surface area contributed by atoms with E-state index in [0.29, 0.717) is 0 Å². The number of allylic oxidation sites excluding steroid dienone is 1. The van der Waals surface area contributed by atoms with Crippen LogP contribution in [0.25, 0.3) is 0 Å². The molecular weight excluding hydrogens is 247 g/mol. The van der Waals surface area contributed by atoms with Crippen LogP contribution in [0.5, 0.6) is 0 Å². The molecule has 2 nitrogen and oxygen atoms in total. The van der Waals surface area contributed by atoms with Gasteiger partial charge in [0.25, 0.3) is 0 Å². The van der Waals surface area contributed by atoms with Crippen LogP contribution in [-0.4, -0.2) is 37.2 Å². The van der Waals surface area contributed by atoms with Crippen LogP contribution < -0.4 is 0 Å². The van der Waals surface area contributed by atoms with Crippen molar-refractivity contribution < 1.29 is 26.9 Å². The van der Waals surface area contributed by atoms with E-state index in [4.69, 9.17) is 9.84 Å². The zero-order valence-corrected chi connectivity index (χ0v) is 11.2. The average Bonchev–Trinajstić information content (AvgIpc) is 2.20. The third kappa shape index (κ3) is 36.5. The topological polar surface area (TPSA) is 29.5 Å². The molecule has 1 N–H and O–H groups in total. The number of ether oxygens (including phenoxy) is 1. The summed E-state index contributed by atoms with van der Waals surface area (Å²) in [4.78, 5) is 0. The molecule has 0 aromatic carbocycles. The van der Waals surface area contributed by atoms with Crippen molar-refractivity contribution in [3.05, 3.63) is 12.3 Å². The average molecular weight is 274 g/mol. The van der Waals surface area contributed by atoms with Gasteiger partial charge in [-0.25, -0.2) is 0 Å². The minimum atomic E-state index is 0. The standard InChI is InChI=1S/C8H16O.C4H10O.Cu.Li.H/c1-2-3-4-5-6-7-8-9;1-3-5-4-2;;;/h7-9H,2-6H2,1H3;3-4H2,1-2H3;;;/b8-7+;;;;. The number of unbranched alkanes of at least 4 members (excludes halogenated alkanes) is 4. The van der Waals surface area contributed by atoms with Crippen molar-refractivity contribution in [2.75, 3.05) is 13.2 Å². The maximum absolute atomic E-state index is 8.24. The second kappa shape index (κ2) is 29.6. The first kappa shape index (κ1) is 25.5. The fourth-order valence-corrected chi connectivity index (χ4v) is 0.968. The summed E-state index contributed by atoms with van der Waals surface area (Å²) in [5.41, 5.74) is 0. The number of hydrogen-bond acceptors (Lipinski definition) is 2. The summed E-state index contributed by atoms with van der Waals surface area (Å²) in [6.07, 6.45) is 9.06. The summed E-state index contributed by atoms with van der Waals surface area (Å²) >= 11 is 0. The molecule has 0 unspecified atom stereocenters. The number of hydrogen-bond donors (Lipinski definition) is 1. The van der Waals surface area contributed by atoms with Gasteiger partial charge in [-0.1, -0.05) is 32.3 Å². The summed E-state index contributed by atoms with van der Waals surface area (Å²) in [6, 6.07) is 0. The van der Waals surface area contributed by atoms with E-state index in [1.54, 1.807) is 6.08 Å². The van der Waals surface area contributed by atoms with Gasteiger partial charge in [0.2, 0.25) is 0 Å². The van der Waals surface area contributed by atoms with Gasteiger partial charge in [0, 0.05) is 30.3 Å². The van der Waals surface area contributed by atoms with Crippen molar-refractivity contribution in [2.24, 2.45) is 0 Å². The van der Waals surface area contributed by atoms with E-state index in [2.05, 4.69) is 6.92 Å². The summed E-state index contributed by atoms with van der Waals surface area (Å²) in [5, 5.41) is 8.24. The van der Waals surface area contributed by atoms with Crippen LogP contribution in [-0.2, 0) is 21.8 Å². The Morgan fingerprint density at radius 3 is 1.88 bits per heavy atom. The molecule has 99 valence electrons. The Kier molecular flexibility index (Phi) is 47.1. The first-order valence-electron chi connectivity index (χ1n) is 5.70. The number of aliphatic hydroxyl groups is 1. The van der Waals surface area contributed by atoms with Gasteiger partial charge < -0.3 is 9.84 Å². The Balaban J connectivity index is -0.0000000904. The van der Waals surface area contributed by atoms with Gasteiger partial charge in [-0.3, -0.25) is 0 Å². The fraction of sp³-hybridized carbons (Fsp3) is 0.833. The van der Waals surface area contributed by atoms with E-state index < -0.39 is 0 Å². The number of aliphatic hydroxyl groups excluding tert-OH is 1. The van der Waals surface area contributed by atoms with E-state index in [9.17, 15) is 0 Å². The van der Waals surface area contributed by atoms with Crippen LogP contribution in [0, 0.1) is 0 Å². The van der Waals surface area contributed by atoms with Crippen LogP contribution in [0.1, 0.15) is 52.9 Å². The molecule has 4 heteroatoms. The molecule has 0 atom stereocenters. The van der Waals surface area contributed by atoms with Crippen molar-refractivity contribution in [1.82, 2.24) is 0 Å². The van der Waals surface area contributed by atoms with Crippen molar-refractivity contribution >= 4 is 18.9 Å². The molecule has 0 heterocycles. The molecule has 0 rings (SSSR count). The molecule has 0 saturated carbocycles. The first-order chi connectivity index (χ1) is 6.83. The molecule has 0 aliphatic rings. The quantitative estimate of drug-likeness (QED) is 0.438. The molecule has 0 aliphatic carbocycles. The van der Waals surface area contributed by atoms with Crippen molar-refractivity contribution in [3.63, 3.8) is 0 Å². The molecule has 0 fully saturated rings. The minimum absolute atomic E-state index is 0. The molecule has 0 saturated heterocycles. The number of rotatable bonds is 7. The van der Waals surface area contributed by atoms with Gasteiger partial charge in [0.05, 0.1) is 6.26 Å². The molecule has 0 aromatic rings. The summed E-state index contributed by atoms with van der Waals surface area (Å²) in [6.45, 7) is 7.86. The van der Waals surface area contributed by atoms with E-state index in [-0.39, 0.29) is 35.9 Å². The molecule has 0 amide bonds. The molecule has 1 radical (unpaired) electrons. The van der Waals surface area contributed by atoms with Crippen molar-refractivity contribution in [1.29, 1.82) is 0 Å². The van der Waals surface area contributed by atoms with E-state index in [1.807, 2.05) is 13.8 Å². The Bertz CT molecular complexity index is 109. The SMILES string of the molecule is CCCCCC/C=C/O.CCOCC.[Cu].[LiH]. The van der Waals surface area contributed by atoms with Crippen LogP contribution in [0.3, 0.4) is 0 Å². The Hall–Kier alpha value is 0.617. The third-order valence-corrected chi connectivity index (χ3v) is 1.74. The van der Waals surface area contributed by atoms with Crippen LogP contribution in [0.2, 0.25) is 0 Å². The monoisotopic (exact) mass is 273 g/mol. The van der Waals surface area contributed by atoms with Gasteiger partial charge in [0.15, 0.2) is 0 Å². The maximum atomic E-state index is 8.24. The predicted molar refractivity (Wildman–Crippen MR) is 69.8 cm³/mol. The zero-order valence-electron chi connectivity index (χ0n) is 10.3. The molecule has 0 aromatic heterocycles. The summed E-state index contributed by atoms with van der Waals surface area (Å²) in [7, 11) is 0. The first-order valence-corrected chi connectivity index (χ1v) is 5.70. The van der Waals surface area contributed by atoms with Gasteiger partial charge in [-0.05, 0) is 26.7 Å². The summed E-state index contributed by atoms with van der Waals surface area (Å²) < 4.78 is 4.83. The Morgan fingerprint density at radius 1 is 1.00 bits per heavy atom. The zero-order chi connectivity index (χ0) is 11.1. The van der Waals surface area contributed by atoms with Crippen LogP contribution in [0.4, 0.5) is 0 Å². The van der Waals surface area contributed by atoms with Gasteiger partial charge >= 0.3 is 18.9 Å². The van der Waals surface area contributed by atoms with E-state index >= 15 is 0 Å². The fourth-order valence-electron chi connectivity index (χ4n) is 0.968. The molecule has 0 aliphatic heterocycles. The normalized spacial score (nSPS) is 8.69. The third-order valence-electron chi connectivity index (χ3n) is 1.74. The van der Waals surface area contributed by atoms with Crippen LogP contribution >= 0.6 is 0 Å². The van der Waals surface area contributed by atoms with Crippen LogP contribution in [0.15, 0.2) is 12.3 Å². The van der Waals surface area contributed by atoms with E-state index in [0.717, 1.165) is 25.9 Å². The summed E-state index contributed by atoms with van der Waals surface area (Å²) in [5.74, 6) is 0. The van der Waals surface area contributed by atoms with E-state index in [1.165, 1.54) is 25.7 Å². The van der Waals surface area contributed by atoms with Gasteiger partial charge in [-0.15, -0.1) is 0 Å². The Labute approximate surface area is 124 Å². The molecule has 16 heavy (non-hydrogen) atoms. The van der Waals surface area contributed by atoms with Gasteiger partial charge in [0.1, 0.15) is 0 Å². The molecule has 0 spiro atoms. The second-order valence-corrected chi connectivity index (χ2v) is 3.02. The van der Waals surface area contributed by atoms with Crippen molar-refractivity contribution in [2.45, 2.75) is 52.9 Å². The van der Waals surface area contributed by atoms with Gasteiger partial charge in [-0.2, -0.15) is 0 Å². The predicted octanol–water partition coefficient (Wildman–Crippen LogP) is 3.42.